The van der Waals surface area contributed by atoms with Crippen LogP contribution in [0.3, 0.4) is 0 Å². The van der Waals surface area contributed by atoms with Crippen LogP contribution >= 0.6 is 0 Å². The highest BCUT2D eigenvalue weighted by Crippen LogP contribution is 2.44. The molecule has 1 saturated heterocycles. The lowest BCUT2D eigenvalue weighted by molar-refractivity contribution is -0.148. The smallest absolute Gasteiger partial charge is 0.246 e. The van der Waals surface area contributed by atoms with Crippen molar-refractivity contribution in [2.75, 3.05) is 7.05 Å². The maximum Gasteiger partial charge on any atom is 0.246 e. The summed E-state index contributed by atoms with van der Waals surface area (Å²) >= 11 is 0. The minimum atomic E-state index is -0.134. The average molecular weight is 264 g/mol. The third kappa shape index (κ3) is 2.83. The van der Waals surface area contributed by atoms with Gasteiger partial charge in [0.2, 0.25) is 11.8 Å². The number of carbonyl (C=O) groups excluding carboxylic acids is 2. The van der Waals surface area contributed by atoms with E-state index >= 15 is 0 Å². The number of rotatable bonds is 3. The molecule has 3 rings (SSSR count). The van der Waals surface area contributed by atoms with Gasteiger partial charge in [-0.2, -0.15) is 0 Å². The molecule has 2 saturated carbocycles. The second-order valence-corrected chi connectivity index (χ2v) is 6.51. The zero-order chi connectivity index (χ0) is 13.4. The summed E-state index contributed by atoms with van der Waals surface area (Å²) in [5, 5.41) is 3.53. The SMILES string of the molecule is CN1C(=O)CCC(NC2CCCC(C3CC3)C2)C1=O. The Hall–Kier alpha value is -0.900. The van der Waals surface area contributed by atoms with Crippen molar-refractivity contribution in [1.29, 1.82) is 0 Å². The Labute approximate surface area is 114 Å². The maximum atomic E-state index is 12.1. The number of likely N-dealkylation sites (N-methyl/N-ethyl adjacent to an activating group) is 1. The maximum absolute atomic E-state index is 12.1. The zero-order valence-corrected chi connectivity index (χ0v) is 11.7. The van der Waals surface area contributed by atoms with Gasteiger partial charge < -0.3 is 5.32 Å². The fraction of sp³-hybridized carbons (Fsp3) is 0.867. The molecule has 19 heavy (non-hydrogen) atoms. The van der Waals surface area contributed by atoms with Crippen LogP contribution in [0, 0.1) is 11.8 Å². The molecular weight excluding hydrogens is 240 g/mol. The highest BCUT2D eigenvalue weighted by Gasteiger charge is 2.37. The minimum absolute atomic E-state index is 0.0372. The third-order valence-electron chi connectivity index (χ3n) is 5.09. The first-order valence-electron chi connectivity index (χ1n) is 7.71. The molecule has 0 radical (unpaired) electrons. The van der Waals surface area contributed by atoms with Crippen LogP contribution in [0.5, 0.6) is 0 Å². The van der Waals surface area contributed by atoms with Crippen molar-refractivity contribution >= 4 is 11.8 Å². The molecule has 4 nitrogen and oxygen atoms in total. The van der Waals surface area contributed by atoms with Crippen molar-refractivity contribution in [3.8, 4) is 0 Å². The van der Waals surface area contributed by atoms with Crippen LogP contribution in [0.15, 0.2) is 0 Å². The Bertz CT molecular complexity index is 378. The lowest BCUT2D eigenvalue weighted by atomic mass is 9.82. The summed E-state index contributed by atoms with van der Waals surface area (Å²) in [6.07, 6.45) is 9.07. The molecule has 106 valence electrons. The largest absolute Gasteiger partial charge is 0.303 e. The Kier molecular flexibility index (Phi) is 3.61. The molecule has 0 aromatic heterocycles. The molecule has 0 bridgehead atoms. The number of piperidine rings is 1. The van der Waals surface area contributed by atoms with E-state index in [9.17, 15) is 9.59 Å². The predicted molar refractivity (Wildman–Crippen MR) is 72.4 cm³/mol. The van der Waals surface area contributed by atoms with Gasteiger partial charge in [0.25, 0.3) is 0 Å². The normalized spacial score (nSPS) is 36.7. The fourth-order valence-electron chi connectivity index (χ4n) is 3.73. The molecule has 3 unspecified atom stereocenters. The lowest BCUT2D eigenvalue weighted by Crippen LogP contribution is -2.54. The summed E-state index contributed by atoms with van der Waals surface area (Å²) in [5.41, 5.74) is 0. The molecule has 0 aromatic rings. The molecule has 3 fully saturated rings. The van der Waals surface area contributed by atoms with Gasteiger partial charge in [0.15, 0.2) is 0 Å². The highest BCUT2D eigenvalue weighted by molar-refractivity contribution is 6.00. The summed E-state index contributed by atoms with van der Waals surface area (Å²) in [6, 6.07) is 0.348. The fourth-order valence-corrected chi connectivity index (χ4v) is 3.73. The van der Waals surface area contributed by atoms with E-state index in [0.29, 0.717) is 18.9 Å². The Morgan fingerprint density at radius 1 is 1.05 bits per heavy atom. The van der Waals surface area contributed by atoms with Crippen LogP contribution in [-0.2, 0) is 9.59 Å². The average Bonchev–Trinajstić information content (AvgIpc) is 3.24. The third-order valence-corrected chi connectivity index (χ3v) is 5.09. The number of nitrogens with one attached hydrogen (secondary N) is 1. The number of hydrogen-bond donors (Lipinski definition) is 1. The van der Waals surface area contributed by atoms with Gasteiger partial charge >= 0.3 is 0 Å². The first kappa shape index (κ1) is 13.1. The molecular formula is C15H24N2O2. The van der Waals surface area contributed by atoms with Crippen molar-refractivity contribution in [2.24, 2.45) is 11.8 Å². The van der Waals surface area contributed by atoms with Crippen LogP contribution in [-0.4, -0.2) is 35.8 Å². The van der Waals surface area contributed by atoms with Gasteiger partial charge in [-0.05, 0) is 43.9 Å². The second kappa shape index (κ2) is 5.23. The molecule has 3 atom stereocenters. The summed E-state index contributed by atoms with van der Waals surface area (Å²) in [6.45, 7) is 0. The number of likely N-dealkylation sites (tertiary alicyclic amines) is 1. The van der Waals surface area contributed by atoms with E-state index in [1.54, 1.807) is 7.05 Å². The van der Waals surface area contributed by atoms with E-state index in [2.05, 4.69) is 5.32 Å². The molecule has 0 spiro atoms. The monoisotopic (exact) mass is 264 g/mol. The van der Waals surface area contributed by atoms with Crippen molar-refractivity contribution in [1.82, 2.24) is 10.2 Å². The van der Waals surface area contributed by atoms with Gasteiger partial charge in [0.05, 0.1) is 6.04 Å². The second-order valence-electron chi connectivity index (χ2n) is 6.51. The number of amides is 2. The number of imide groups is 1. The standard InChI is InChI=1S/C15H24N2O2/c1-17-14(18)8-7-13(15(17)19)16-12-4-2-3-11(9-12)10-5-6-10/h10-13,16H,2-9H2,1H3. The quantitative estimate of drug-likeness (QED) is 0.789. The van der Waals surface area contributed by atoms with Gasteiger partial charge in [0, 0.05) is 19.5 Å². The van der Waals surface area contributed by atoms with E-state index in [1.165, 1.54) is 43.4 Å². The molecule has 2 aliphatic carbocycles. The van der Waals surface area contributed by atoms with E-state index in [0.717, 1.165) is 11.8 Å². The van der Waals surface area contributed by atoms with E-state index in [1.807, 2.05) is 0 Å². The number of nitrogens with zero attached hydrogens (tertiary/aromatic N) is 1. The predicted octanol–water partition coefficient (Wildman–Crippen LogP) is 1.69. The summed E-state index contributed by atoms with van der Waals surface area (Å²) in [4.78, 5) is 24.8. The molecule has 1 heterocycles. The Morgan fingerprint density at radius 2 is 1.84 bits per heavy atom. The van der Waals surface area contributed by atoms with Crippen molar-refractivity contribution in [3.05, 3.63) is 0 Å². The summed E-state index contributed by atoms with van der Waals surface area (Å²) in [5.74, 6) is 1.77. The molecule has 2 amide bonds. The van der Waals surface area contributed by atoms with Gasteiger partial charge in [-0.1, -0.05) is 12.8 Å². The number of carbonyl (C=O) groups is 2. The lowest BCUT2D eigenvalue weighted by Gasteiger charge is -2.35. The van der Waals surface area contributed by atoms with Gasteiger partial charge in [-0.3, -0.25) is 14.5 Å². The van der Waals surface area contributed by atoms with Crippen LogP contribution in [0.2, 0.25) is 0 Å². The molecule has 1 aliphatic heterocycles. The topological polar surface area (TPSA) is 49.4 Å². The molecule has 4 heteroatoms. The van der Waals surface area contributed by atoms with Crippen molar-refractivity contribution in [2.45, 2.75) is 63.5 Å². The Balaban J connectivity index is 1.55. The van der Waals surface area contributed by atoms with Gasteiger partial charge in [0.1, 0.15) is 0 Å². The molecule has 0 aromatic carbocycles. The zero-order valence-electron chi connectivity index (χ0n) is 11.7. The summed E-state index contributed by atoms with van der Waals surface area (Å²) < 4.78 is 0. The van der Waals surface area contributed by atoms with Crippen LogP contribution in [0.1, 0.15) is 51.4 Å². The molecule has 1 N–H and O–H groups in total. The highest BCUT2D eigenvalue weighted by atomic mass is 16.2. The Morgan fingerprint density at radius 3 is 2.58 bits per heavy atom. The van der Waals surface area contributed by atoms with E-state index in [-0.39, 0.29) is 17.9 Å². The van der Waals surface area contributed by atoms with E-state index in [4.69, 9.17) is 0 Å². The number of hydrogen-bond acceptors (Lipinski definition) is 3. The van der Waals surface area contributed by atoms with Crippen LogP contribution in [0.4, 0.5) is 0 Å². The van der Waals surface area contributed by atoms with Crippen LogP contribution < -0.4 is 5.32 Å². The first-order valence-corrected chi connectivity index (χ1v) is 7.71. The summed E-state index contributed by atoms with van der Waals surface area (Å²) in [7, 11) is 1.60. The first-order chi connectivity index (χ1) is 9.15. The van der Waals surface area contributed by atoms with Gasteiger partial charge in [-0.15, -0.1) is 0 Å². The van der Waals surface area contributed by atoms with Crippen molar-refractivity contribution < 1.29 is 9.59 Å². The minimum Gasteiger partial charge on any atom is -0.303 e. The molecule has 3 aliphatic rings. The van der Waals surface area contributed by atoms with Crippen LogP contribution in [0.25, 0.3) is 0 Å². The van der Waals surface area contributed by atoms with E-state index < -0.39 is 0 Å². The van der Waals surface area contributed by atoms with Gasteiger partial charge in [-0.25, -0.2) is 0 Å². The van der Waals surface area contributed by atoms with Crippen molar-refractivity contribution in [3.63, 3.8) is 0 Å².